The van der Waals surface area contributed by atoms with Gasteiger partial charge in [0, 0.05) is 24.0 Å². The van der Waals surface area contributed by atoms with Crippen LogP contribution in [0.25, 0.3) is 10.9 Å². The third-order valence-corrected chi connectivity index (χ3v) is 8.01. The number of para-hydroxylation sites is 1. The van der Waals surface area contributed by atoms with Gasteiger partial charge in [0.15, 0.2) is 6.19 Å². The van der Waals surface area contributed by atoms with E-state index in [1.165, 1.54) is 7.11 Å². The fourth-order valence-electron chi connectivity index (χ4n) is 6.16. The van der Waals surface area contributed by atoms with Gasteiger partial charge < -0.3 is 29.2 Å². The number of aliphatic hydroxyl groups excluding tert-OH is 1. The maximum absolute atomic E-state index is 12.9. The third kappa shape index (κ3) is 4.96. The zero-order valence-corrected chi connectivity index (χ0v) is 21.2. The Morgan fingerprint density at radius 3 is 2.59 bits per heavy atom. The molecular weight excluding hydrogens is 470 g/mol. The first-order valence-electron chi connectivity index (χ1n) is 12.8. The maximum Gasteiger partial charge on any atom is 0.311 e. The molecule has 8 heteroatoms. The normalized spacial score (nSPS) is 25.9. The lowest BCUT2D eigenvalue weighted by molar-refractivity contribution is -0.157. The number of nitrogens with one attached hydrogen (secondary N) is 1. The van der Waals surface area contributed by atoms with E-state index in [1.54, 1.807) is 12.0 Å². The summed E-state index contributed by atoms with van der Waals surface area (Å²) < 4.78 is 17.1. The number of methoxy groups -OCH3 is 2. The number of hydrogen-bond donors (Lipinski definition) is 2. The molecule has 5 rings (SSSR count). The summed E-state index contributed by atoms with van der Waals surface area (Å²) in [5.41, 5.74) is 3.06. The SMILES string of the molecule is COC(=O)[C@@H]1[C@H]2C[C@@H](Oc3ccc(OC)cc3)c3[nH]c4ccccc4c3CCN(C#N)C[C@@H]2CC[C@@H]1O. The summed E-state index contributed by atoms with van der Waals surface area (Å²) in [6, 6.07) is 15.6. The number of nitrogens with zero attached hydrogens (tertiary/aromatic N) is 2. The second-order valence-electron chi connectivity index (χ2n) is 9.99. The molecule has 0 amide bonds. The van der Waals surface area contributed by atoms with Crippen molar-refractivity contribution < 1.29 is 24.1 Å². The van der Waals surface area contributed by atoms with E-state index in [1.807, 2.05) is 42.5 Å². The highest BCUT2D eigenvalue weighted by molar-refractivity contribution is 5.85. The molecule has 194 valence electrons. The number of benzene rings is 2. The number of nitriles is 1. The number of rotatable bonds is 4. The van der Waals surface area contributed by atoms with Crippen LogP contribution in [0.5, 0.6) is 11.5 Å². The van der Waals surface area contributed by atoms with Crippen molar-refractivity contribution in [2.45, 2.75) is 37.9 Å². The molecule has 0 radical (unpaired) electrons. The molecule has 5 atom stereocenters. The number of aromatic nitrogens is 1. The predicted molar refractivity (Wildman–Crippen MR) is 138 cm³/mol. The van der Waals surface area contributed by atoms with E-state index in [9.17, 15) is 15.2 Å². The first-order chi connectivity index (χ1) is 18.0. The maximum atomic E-state index is 12.9. The van der Waals surface area contributed by atoms with E-state index in [0.717, 1.165) is 34.3 Å². The van der Waals surface area contributed by atoms with Gasteiger partial charge in [-0.25, -0.2) is 0 Å². The Hall–Kier alpha value is -3.70. The number of carbonyl (C=O) groups excluding carboxylic acids is 1. The summed E-state index contributed by atoms with van der Waals surface area (Å²) in [5, 5.41) is 21.9. The number of aliphatic hydroxyl groups is 1. The van der Waals surface area contributed by atoms with Crippen LogP contribution in [0.1, 0.15) is 36.6 Å². The van der Waals surface area contributed by atoms with E-state index < -0.39 is 24.1 Å². The monoisotopic (exact) mass is 503 g/mol. The molecule has 2 N–H and O–H groups in total. The molecule has 1 aliphatic carbocycles. The highest BCUT2D eigenvalue weighted by Crippen LogP contribution is 2.44. The van der Waals surface area contributed by atoms with Crippen LogP contribution in [-0.2, 0) is 16.0 Å². The topological polar surface area (TPSA) is 108 Å². The van der Waals surface area contributed by atoms with Crippen LogP contribution in [0.4, 0.5) is 0 Å². The van der Waals surface area contributed by atoms with Gasteiger partial charge in [-0.05, 0) is 73.4 Å². The van der Waals surface area contributed by atoms with Crippen molar-refractivity contribution >= 4 is 16.9 Å². The largest absolute Gasteiger partial charge is 0.497 e. The zero-order valence-electron chi connectivity index (χ0n) is 21.2. The highest BCUT2D eigenvalue weighted by atomic mass is 16.5. The standard InChI is InChI=1S/C29H33N3O5/c1-35-19-8-10-20(11-9-19)37-26-15-23-18(7-12-25(33)27(23)29(34)36-2)16-32(17-30)14-13-22-21-5-3-4-6-24(21)31-28(22)26/h3-6,8-11,18,23,25-27,31,33H,7,12-16H2,1-2H3/t18-,23-,25-,26+,27+/m0/s1. The number of hydrogen-bond acceptors (Lipinski definition) is 7. The molecule has 2 aromatic carbocycles. The van der Waals surface area contributed by atoms with Crippen LogP contribution >= 0.6 is 0 Å². The van der Waals surface area contributed by atoms with Crippen molar-refractivity contribution in [1.82, 2.24) is 9.88 Å². The Labute approximate surface area is 216 Å². The molecule has 0 bridgehead atoms. The molecule has 8 nitrogen and oxygen atoms in total. The molecule has 37 heavy (non-hydrogen) atoms. The number of ether oxygens (including phenoxy) is 3. The van der Waals surface area contributed by atoms with E-state index in [4.69, 9.17) is 14.2 Å². The van der Waals surface area contributed by atoms with Crippen molar-refractivity contribution in [1.29, 1.82) is 5.26 Å². The zero-order chi connectivity index (χ0) is 25.9. The van der Waals surface area contributed by atoms with Crippen LogP contribution in [-0.4, -0.2) is 54.4 Å². The molecule has 1 aromatic heterocycles. The number of aromatic amines is 1. The van der Waals surface area contributed by atoms with Gasteiger partial charge in [0.05, 0.1) is 31.9 Å². The molecule has 3 aromatic rings. The summed E-state index contributed by atoms with van der Waals surface area (Å²) in [6.07, 6.45) is 3.58. The summed E-state index contributed by atoms with van der Waals surface area (Å²) in [7, 11) is 2.99. The average molecular weight is 504 g/mol. The van der Waals surface area contributed by atoms with Crippen molar-refractivity contribution in [2.75, 3.05) is 27.3 Å². The van der Waals surface area contributed by atoms with Crippen LogP contribution < -0.4 is 9.47 Å². The molecule has 2 aliphatic rings. The van der Waals surface area contributed by atoms with Gasteiger partial charge in [-0.3, -0.25) is 4.79 Å². The fourth-order valence-corrected chi connectivity index (χ4v) is 6.16. The number of esters is 1. The number of carbonyl (C=O) groups is 1. The van der Waals surface area contributed by atoms with E-state index in [-0.39, 0.29) is 11.8 Å². The predicted octanol–water partition coefficient (Wildman–Crippen LogP) is 4.20. The summed E-state index contributed by atoms with van der Waals surface area (Å²) in [4.78, 5) is 18.3. The molecule has 2 heterocycles. The lowest BCUT2D eigenvalue weighted by Gasteiger charge is -2.42. The Balaban J connectivity index is 1.62. The molecule has 0 unspecified atom stereocenters. The molecule has 1 aliphatic heterocycles. The van der Waals surface area contributed by atoms with Crippen molar-refractivity contribution in [3.8, 4) is 17.7 Å². The Morgan fingerprint density at radius 2 is 1.86 bits per heavy atom. The lowest BCUT2D eigenvalue weighted by Crippen LogP contribution is -2.47. The van der Waals surface area contributed by atoms with Gasteiger partial charge in [-0.1, -0.05) is 18.2 Å². The van der Waals surface area contributed by atoms with Gasteiger partial charge in [0.2, 0.25) is 0 Å². The van der Waals surface area contributed by atoms with Crippen molar-refractivity contribution in [3.05, 3.63) is 59.8 Å². The van der Waals surface area contributed by atoms with Gasteiger partial charge in [-0.15, -0.1) is 0 Å². The second-order valence-corrected chi connectivity index (χ2v) is 9.99. The van der Waals surface area contributed by atoms with Gasteiger partial charge in [-0.2, -0.15) is 5.26 Å². The van der Waals surface area contributed by atoms with Gasteiger partial charge in [0.25, 0.3) is 0 Å². The summed E-state index contributed by atoms with van der Waals surface area (Å²) >= 11 is 0. The molecule has 0 saturated heterocycles. The quantitative estimate of drug-likeness (QED) is 0.406. The lowest BCUT2D eigenvalue weighted by atomic mass is 9.67. The minimum atomic E-state index is -0.795. The van der Waals surface area contributed by atoms with E-state index in [0.29, 0.717) is 38.1 Å². The highest BCUT2D eigenvalue weighted by Gasteiger charge is 2.46. The van der Waals surface area contributed by atoms with Crippen LogP contribution in [0.15, 0.2) is 48.5 Å². The molecule has 0 spiro atoms. The molecular formula is C29H33N3O5. The van der Waals surface area contributed by atoms with Gasteiger partial charge >= 0.3 is 5.97 Å². The van der Waals surface area contributed by atoms with Crippen LogP contribution in [0.2, 0.25) is 0 Å². The summed E-state index contributed by atoms with van der Waals surface area (Å²) in [5.74, 6) is 0.144. The Bertz CT molecular complexity index is 1280. The smallest absolute Gasteiger partial charge is 0.311 e. The van der Waals surface area contributed by atoms with Crippen molar-refractivity contribution in [3.63, 3.8) is 0 Å². The minimum Gasteiger partial charge on any atom is -0.497 e. The van der Waals surface area contributed by atoms with Crippen LogP contribution in [0, 0.1) is 29.2 Å². The average Bonchev–Trinajstić information content (AvgIpc) is 3.30. The van der Waals surface area contributed by atoms with Gasteiger partial charge in [0.1, 0.15) is 17.6 Å². The first-order valence-corrected chi connectivity index (χ1v) is 12.8. The number of H-pyrrole nitrogens is 1. The summed E-state index contributed by atoms with van der Waals surface area (Å²) in [6.45, 7) is 1.10. The fraction of sp³-hybridized carbons (Fsp3) is 0.448. The van der Waals surface area contributed by atoms with Crippen LogP contribution in [0.3, 0.4) is 0 Å². The Morgan fingerprint density at radius 1 is 1.11 bits per heavy atom. The van der Waals surface area contributed by atoms with E-state index in [2.05, 4.69) is 17.2 Å². The molecule has 1 saturated carbocycles. The van der Waals surface area contributed by atoms with Crippen molar-refractivity contribution in [2.24, 2.45) is 17.8 Å². The minimum absolute atomic E-state index is 0.0417. The van der Waals surface area contributed by atoms with E-state index >= 15 is 0 Å². The molecule has 1 fully saturated rings. The second kappa shape index (κ2) is 10.7. The Kier molecular flexibility index (Phi) is 7.24. The first kappa shape index (κ1) is 25.0. The number of fused-ring (bicyclic) bond motifs is 4. The third-order valence-electron chi connectivity index (χ3n) is 8.01.